The minimum absolute atomic E-state index is 0.253. The third-order valence-corrected chi connectivity index (χ3v) is 3.61. The van der Waals surface area contributed by atoms with Crippen LogP contribution >= 0.6 is 23.5 Å². The number of aliphatic imine (C=N–C) groups is 1. The van der Waals surface area contributed by atoms with E-state index in [1.807, 2.05) is 30.5 Å². The van der Waals surface area contributed by atoms with Crippen LogP contribution in [0.2, 0.25) is 0 Å². The summed E-state index contributed by atoms with van der Waals surface area (Å²) < 4.78 is 0. The first kappa shape index (κ1) is 11.3. The molecule has 0 atom stereocenters. The summed E-state index contributed by atoms with van der Waals surface area (Å²) in [5, 5.41) is 0.317. The fourth-order valence-corrected chi connectivity index (χ4v) is 2.37. The van der Waals surface area contributed by atoms with Crippen LogP contribution < -0.4 is 5.73 Å². The van der Waals surface area contributed by atoms with E-state index < -0.39 is 0 Å². The molecule has 0 spiro atoms. The lowest BCUT2D eigenvalue weighted by Crippen LogP contribution is -2.01. The van der Waals surface area contributed by atoms with Crippen molar-refractivity contribution < 1.29 is 4.79 Å². The van der Waals surface area contributed by atoms with Crippen molar-refractivity contribution >= 4 is 40.7 Å². The molecule has 3 nitrogen and oxygen atoms in total. The Bertz CT molecular complexity index is 477. The highest BCUT2D eigenvalue weighted by molar-refractivity contribution is 8.18. The lowest BCUT2D eigenvalue weighted by Gasteiger charge is -1.98. The van der Waals surface area contributed by atoms with E-state index in [1.165, 1.54) is 16.7 Å². The van der Waals surface area contributed by atoms with E-state index in [4.69, 9.17) is 5.73 Å². The molecule has 0 aromatic heterocycles. The maximum Gasteiger partial charge on any atom is 0.286 e. The van der Waals surface area contributed by atoms with Gasteiger partial charge in [0.25, 0.3) is 5.91 Å². The van der Waals surface area contributed by atoms with Crippen molar-refractivity contribution in [1.29, 1.82) is 0 Å². The monoisotopic (exact) mass is 250 g/mol. The number of amides is 1. The minimum atomic E-state index is -0.253. The molecule has 1 heterocycles. The highest BCUT2D eigenvalue weighted by atomic mass is 32.2. The molecule has 5 heteroatoms. The third-order valence-electron chi connectivity index (χ3n) is 2.05. The maximum absolute atomic E-state index is 11.4. The standard InChI is InChI=1S/C11H10N2OS2/c1-15-8-4-2-7(3-5-8)6-9-10(14)13-11(12)16-9/h2-6H,1H3,(H2,12,13,14)/b9-6+. The van der Waals surface area contributed by atoms with Gasteiger partial charge in [0.05, 0.1) is 4.91 Å². The molecule has 1 amide bonds. The van der Waals surface area contributed by atoms with Crippen LogP contribution in [0.15, 0.2) is 39.1 Å². The second-order valence-electron chi connectivity index (χ2n) is 3.14. The number of hydrogen-bond donors (Lipinski definition) is 1. The van der Waals surface area contributed by atoms with Gasteiger partial charge >= 0.3 is 0 Å². The minimum Gasteiger partial charge on any atom is -0.378 e. The summed E-state index contributed by atoms with van der Waals surface area (Å²) >= 11 is 2.90. The Morgan fingerprint density at radius 2 is 2.06 bits per heavy atom. The number of benzene rings is 1. The van der Waals surface area contributed by atoms with Crippen LogP contribution in [0.1, 0.15) is 5.56 Å². The van der Waals surface area contributed by atoms with Gasteiger partial charge in [-0.25, -0.2) is 0 Å². The van der Waals surface area contributed by atoms with Crippen LogP contribution in [0.5, 0.6) is 0 Å². The molecule has 82 valence electrons. The van der Waals surface area contributed by atoms with Gasteiger partial charge in [-0.3, -0.25) is 4.79 Å². The Morgan fingerprint density at radius 3 is 2.56 bits per heavy atom. The predicted octanol–water partition coefficient (Wildman–Crippen LogP) is 2.34. The summed E-state index contributed by atoms with van der Waals surface area (Å²) in [4.78, 5) is 16.8. The smallest absolute Gasteiger partial charge is 0.286 e. The topological polar surface area (TPSA) is 55.4 Å². The Balaban J connectivity index is 2.21. The van der Waals surface area contributed by atoms with Gasteiger partial charge in [-0.15, -0.1) is 11.8 Å². The number of nitrogens with zero attached hydrogens (tertiary/aromatic N) is 1. The molecule has 1 aliphatic rings. The molecule has 0 aliphatic carbocycles. The Morgan fingerprint density at radius 1 is 1.38 bits per heavy atom. The Kier molecular flexibility index (Phi) is 3.36. The van der Waals surface area contributed by atoms with Gasteiger partial charge in [0.2, 0.25) is 0 Å². The molecule has 1 aromatic rings. The first-order valence-electron chi connectivity index (χ1n) is 4.61. The van der Waals surface area contributed by atoms with Crippen molar-refractivity contribution in [3.05, 3.63) is 34.7 Å². The Hall–Kier alpha value is -1.20. The van der Waals surface area contributed by atoms with E-state index in [-0.39, 0.29) is 5.91 Å². The highest BCUT2D eigenvalue weighted by Gasteiger charge is 2.19. The fourth-order valence-electron chi connectivity index (χ4n) is 1.28. The van der Waals surface area contributed by atoms with Gasteiger partial charge in [0, 0.05) is 4.90 Å². The number of thioether (sulfide) groups is 2. The van der Waals surface area contributed by atoms with Crippen molar-refractivity contribution in [3.63, 3.8) is 0 Å². The molecule has 0 fully saturated rings. The number of rotatable bonds is 2. The average molecular weight is 250 g/mol. The van der Waals surface area contributed by atoms with Crippen molar-refractivity contribution in [2.75, 3.05) is 6.26 Å². The SMILES string of the molecule is CSc1ccc(/C=C2/SC(N)=NC2=O)cc1. The van der Waals surface area contributed by atoms with Gasteiger partial charge in [-0.2, -0.15) is 4.99 Å². The van der Waals surface area contributed by atoms with Crippen LogP contribution in [0.4, 0.5) is 0 Å². The van der Waals surface area contributed by atoms with Gasteiger partial charge in [0.1, 0.15) is 0 Å². The zero-order valence-electron chi connectivity index (χ0n) is 8.64. The summed E-state index contributed by atoms with van der Waals surface area (Å²) in [5.74, 6) is -0.253. The van der Waals surface area contributed by atoms with E-state index in [0.29, 0.717) is 10.1 Å². The number of nitrogens with two attached hydrogens (primary N) is 1. The molecule has 1 aliphatic heterocycles. The quantitative estimate of drug-likeness (QED) is 0.646. The molecular weight excluding hydrogens is 240 g/mol. The van der Waals surface area contributed by atoms with E-state index in [2.05, 4.69) is 4.99 Å². The van der Waals surface area contributed by atoms with E-state index >= 15 is 0 Å². The molecule has 16 heavy (non-hydrogen) atoms. The number of carbonyl (C=O) groups is 1. The van der Waals surface area contributed by atoms with Crippen molar-refractivity contribution in [2.45, 2.75) is 4.90 Å². The Labute approximate surface area is 102 Å². The first-order chi connectivity index (χ1) is 7.69. The second kappa shape index (κ2) is 4.76. The number of hydrogen-bond acceptors (Lipinski definition) is 4. The number of carbonyl (C=O) groups excluding carboxylic acids is 1. The van der Waals surface area contributed by atoms with Crippen molar-refractivity contribution in [3.8, 4) is 0 Å². The van der Waals surface area contributed by atoms with E-state index in [0.717, 1.165) is 5.56 Å². The molecule has 0 radical (unpaired) electrons. The molecule has 0 bridgehead atoms. The van der Waals surface area contributed by atoms with Gasteiger partial charge < -0.3 is 5.73 Å². The number of amidine groups is 1. The van der Waals surface area contributed by atoms with E-state index in [1.54, 1.807) is 17.8 Å². The van der Waals surface area contributed by atoms with Crippen molar-refractivity contribution in [2.24, 2.45) is 10.7 Å². The lowest BCUT2D eigenvalue weighted by atomic mass is 10.2. The average Bonchev–Trinajstić information content (AvgIpc) is 2.59. The van der Waals surface area contributed by atoms with Gasteiger partial charge in [-0.1, -0.05) is 12.1 Å². The molecule has 0 unspecified atom stereocenters. The largest absolute Gasteiger partial charge is 0.378 e. The van der Waals surface area contributed by atoms with E-state index in [9.17, 15) is 4.79 Å². The molecule has 2 rings (SSSR count). The zero-order valence-corrected chi connectivity index (χ0v) is 10.3. The van der Waals surface area contributed by atoms with Crippen LogP contribution in [0.25, 0.3) is 6.08 Å². The van der Waals surface area contributed by atoms with Gasteiger partial charge in [0.15, 0.2) is 5.17 Å². The fraction of sp³-hybridized carbons (Fsp3) is 0.0909. The normalized spacial score (nSPS) is 17.9. The van der Waals surface area contributed by atoms with Crippen LogP contribution in [0.3, 0.4) is 0 Å². The third kappa shape index (κ3) is 2.48. The second-order valence-corrected chi connectivity index (χ2v) is 5.08. The predicted molar refractivity (Wildman–Crippen MR) is 70.4 cm³/mol. The zero-order chi connectivity index (χ0) is 11.5. The summed E-state index contributed by atoms with van der Waals surface area (Å²) in [6, 6.07) is 7.99. The highest BCUT2D eigenvalue weighted by Crippen LogP contribution is 2.26. The molecular formula is C11H10N2OS2. The lowest BCUT2D eigenvalue weighted by molar-refractivity contribution is -0.113. The first-order valence-corrected chi connectivity index (χ1v) is 6.65. The summed E-state index contributed by atoms with van der Waals surface area (Å²) in [6.07, 6.45) is 3.83. The summed E-state index contributed by atoms with van der Waals surface area (Å²) in [7, 11) is 0. The van der Waals surface area contributed by atoms with Crippen LogP contribution in [0, 0.1) is 0 Å². The van der Waals surface area contributed by atoms with Crippen LogP contribution in [-0.4, -0.2) is 17.3 Å². The van der Waals surface area contributed by atoms with Crippen molar-refractivity contribution in [1.82, 2.24) is 0 Å². The van der Waals surface area contributed by atoms with Gasteiger partial charge in [-0.05, 0) is 41.8 Å². The molecule has 1 aromatic carbocycles. The van der Waals surface area contributed by atoms with Crippen LogP contribution in [-0.2, 0) is 4.79 Å². The maximum atomic E-state index is 11.4. The molecule has 0 saturated carbocycles. The summed E-state index contributed by atoms with van der Waals surface area (Å²) in [5.41, 5.74) is 6.45. The summed E-state index contributed by atoms with van der Waals surface area (Å²) in [6.45, 7) is 0. The molecule has 2 N–H and O–H groups in total. The molecule has 0 saturated heterocycles.